The Hall–Kier alpha value is -3.62. The average Bonchev–Trinajstić information content (AvgIpc) is 3.11. The Morgan fingerprint density at radius 1 is 1.21 bits per heavy atom. The van der Waals surface area contributed by atoms with Crippen LogP contribution in [0.3, 0.4) is 0 Å². The van der Waals surface area contributed by atoms with E-state index in [1.54, 1.807) is 31.2 Å². The molecule has 2 aromatic carbocycles. The number of hydrogen-bond donors (Lipinski definition) is 1. The van der Waals surface area contributed by atoms with Crippen LogP contribution in [0, 0.1) is 17.0 Å². The molecule has 1 aromatic heterocycles. The summed E-state index contributed by atoms with van der Waals surface area (Å²) in [6, 6.07) is 11.0. The van der Waals surface area contributed by atoms with Gasteiger partial charge in [0.25, 0.3) is 11.6 Å². The number of nitrogens with zero attached hydrogens (tertiary/aromatic N) is 5. The van der Waals surface area contributed by atoms with Crippen molar-refractivity contribution >= 4 is 17.3 Å². The van der Waals surface area contributed by atoms with Crippen LogP contribution >= 0.6 is 0 Å². The van der Waals surface area contributed by atoms with Gasteiger partial charge in [-0.25, -0.2) is 4.68 Å². The summed E-state index contributed by atoms with van der Waals surface area (Å²) in [6.07, 6.45) is 1.45. The van der Waals surface area contributed by atoms with Crippen molar-refractivity contribution in [3.63, 3.8) is 0 Å². The molecule has 1 heterocycles. The van der Waals surface area contributed by atoms with Crippen molar-refractivity contribution in [2.75, 3.05) is 5.32 Å². The molecule has 3 rings (SSSR count). The highest BCUT2D eigenvalue weighted by Crippen LogP contribution is 2.22. The summed E-state index contributed by atoms with van der Waals surface area (Å²) in [4.78, 5) is 22.6. The molecule has 120 valence electrons. The van der Waals surface area contributed by atoms with Crippen molar-refractivity contribution < 1.29 is 9.72 Å². The highest BCUT2D eigenvalue weighted by Gasteiger charge is 2.11. The Bertz CT molecular complexity index is 890. The quantitative estimate of drug-likeness (QED) is 0.580. The number of amides is 1. The van der Waals surface area contributed by atoms with Crippen LogP contribution in [0.2, 0.25) is 0 Å². The highest BCUT2D eigenvalue weighted by atomic mass is 16.6. The SMILES string of the molecule is Cc1cc([N+](=O)[O-])ccc1NC(=O)c1ccc(-n2cnnn2)cc1. The van der Waals surface area contributed by atoms with Crippen LogP contribution in [-0.2, 0) is 0 Å². The third kappa shape index (κ3) is 3.09. The van der Waals surface area contributed by atoms with E-state index in [9.17, 15) is 14.9 Å². The van der Waals surface area contributed by atoms with E-state index in [0.29, 0.717) is 16.8 Å². The van der Waals surface area contributed by atoms with Crippen molar-refractivity contribution in [1.29, 1.82) is 0 Å². The molecular formula is C15H12N6O3. The molecule has 0 aliphatic carbocycles. The minimum Gasteiger partial charge on any atom is -0.322 e. The fourth-order valence-electron chi connectivity index (χ4n) is 2.14. The lowest BCUT2D eigenvalue weighted by molar-refractivity contribution is -0.384. The van der Waals surface area contributed by atoms with E-state index < -0.39 is 4.92 Å². The summed E-state index contributed by atoms with van der Waals surface area (Å²) in [5.74, 6) is -0.310. The van der Waals surface area contributed by atoms with Crippen LogP contribution in [0.1, 0.15) is 15.9 Å². The molecule has 9 nitrogen and oxygen atoms in total. The van der Waals surface area contributed by atoms with Gasteiger partial charge in [0, 0.05) is 23.4 Å². The first kappa shape index (κ1) is 15.3. The lowest BCUT2D eigenvalue weighted by Gasteiger charge is -2.08. The maximum Gasteiger partial charge on any atom is 0.269 e. The van der Waals surface area contributed by atoms with Gasteiger partial charge in [0.05, 0.1) is 10.6 Å². The molecule has 0 bridgehead atoms. The number of tetrazole rings is 1. The predicted molar refractivity (Wildman–Crippen MR) is 84.9 cm³/mol. The number of rotatable bonds is 4. The normalized spacial score (nSPS) is 10.4. The number of nitrogens with one attached hydrogen (secondary N) is 1. The number of anilines is 1. The van der Waals surface area contributed by atoms with Crippen molar-refractivity contribution in [2.45, 2.75) is 6.92 Å². The molecule has 0 unspecified atom stereocenters. The monoisotopic (exact) mass is 324 g/mol. The minimum absolute atomic E-state index is 0.0173. The Morgan fingerprint density at radius 3 is 2.54 bits per heavy atom. The Kier molecular flexibility index (Phi) is 3.98. The van der Waals surface area contributed by atoms with E-state index in [4.69, 9.17) is 0 Å². The number of carbonyl (C=O) groups is 1. The Morgan fingerprint density at radius 2 is 1.96 bits per heavy atom. The molecule has 24 heavy (non-hydrogen) atoms. The number of benzene rings is 2. The maximum atomic E-state index is 12.3. The fraction of sp³-hybridized carbons (Fsp3) is 0.0667. The molecule has 1 amide bonds. The van der Waals surface area contributed by atoms with Crippen molar-refractivity contribution in [1.82, 2.24) is 20.2 Å². The lowest BCUT2D eigenvalue weighted by Crippen LogP contribution is -2.13. The summed E-state index contributed by atoms with van der Waals surface area (Å²) >= 11 is 0. The first-order valence-corrected chi connectivity index (χ1v) is 6.94. The van der Waals surface area contributed by atoms with Crippen LogP contribution in [-0.4, -0.2) is 31.0 Å². The number of aromatic nitrogens is 4. The van der Waals surface area contributed by atoms with Gasteiger partial charge in [-0.15, -0.1) is 5.10 Å². The summed E-state index contributed by atoms with van der Waals surface area (Å²) in [5, 5.41) is 24.3. The topological polar surface area (TPSA) is 116 Å². The van der Waals surface area contributed by atoms with Gasteiger partial charge >= 0.3 is 0 Å². The zero-order valence-electron chi connectivity index (χ0n) is 12.6. The lowest BCUT2D eigenvalue weighted by atomic mass is 10.1. The Labute approximate surface area is 136 Å². The van der Waals surface area contributed by atoms with Crippen LogP contribution in [0.4, 0.5) is 11.4 Å². The van der Waals surface area contributed by atoms with E-state index in [-0.39, 0.29) is 11.6 Å². The number of nitro groups is 1. The van der Waals surface area contributed by atoms with Gasteiger partial charge in [-0.2, -0.15) is 0 Å². The van der Waals surface area contributed by atoms with Gasteiger partial charge in [0.1, 0.15) is 6.33 Å². The molecule has 0 spiro atoms. The molecule has 0 aliphatic heterocycles. The maximum absolute atomic E-state index is 12.3. The largest absolute Gasteiger partial charge is 0.322 e. The first-order valence-electron chi connectivity index (χ1n) is 6.94. The van der Waals surface area contributed by atoms with Crippen LogP contribution in [0.5, 0.6) is 0 Å². The molecule has 9 heteroatoms. The number of aryl methyl sites for hydroxylation is 1. The molecule has 3 aromatic rings. The second-order valence-electron chi connectivity index (χ2n) is 5.01. The van der Waals surface area contributed by atoms with Gasteiger partial charge in [0.2, 0.25) is 0 Å². The predicted octanol–water partition coefficient (Wildman–Crippen LogP) is 2.13. The zero-order valence-corrected chi connectivity index (χ0v) is 12.6. The summed E-state index contributed by atoms with van der Waals surface area (Å²) < 4.78 is 1.47. The summed E-state index contributed by atoms with van der Waals surface area (Å²) in [6.45, 7) is 1.70. The molecule has 0 saturated heterocycles. The highest BCUT2D eigenvalue weighted by molar-refractivity contribution is 6.04. The second-order valence-corrected chi connectivity index (χ2v) is 5.01. The molecule has 0 aliphatic rings. The molecule has 0 saturated carbocycles. The first-order chi connectivity index (χ1) is 11.5. The van der Waals surface area contributed by atoms with Gasteiger partial charge in [-0.05, 0) is 53.2 Å². The van der Waals surface area contributed by atoms with Crippen molar-refractivity contribution in [3.05, 3.63) is 70.0 Å². The van der Waals surface area contributed by atoms with E-state index >= 15 is 0 Å². The summed E-state index contributed by atoms with van der Waals surface area (Å²) in [7, 11) is 0. The van der Waals surface area contributed by atoms with E-state index in [1.807, 2.05) is 0 Å². The molecule has 1 N–H and O–H groups in total. The number of non-ortho nitro benzene ring substituents is 1. The number of hydrogen-bond acceptors (Lipinski definition) is 6. The van der Waals surface area contributed by atoms with E-state index in [0.717, 1.165) is 5.69 Å². The molecule has 0 atom stereocenters. The molecule has 0 fully saturated rings. The van der Waals surface area contributed by atoms with Crippen molar-refractivity contribution in [3.8, 4) is 5.69 Å². The van der Waals surface area contributed by atoms with Crippen molar-refractivity contribution in [2.24, 2.45) is 0 Å². The van der Waals surface area contributed by atoms with Crippen LogP contribution in [0.15, 0.2) is 48.8 Å². The van der Waals surface area contributed by atoms with Gasteiger partial charge < -0.3 is 5.32 Å². The molecular weight excluding hydrogens is 312 g/mol. The Balaban J connectivity index is 1.76. The third-order valence-corrected chi connectivity index (χ3v) is 3.41. The second kappa shape index (κ2) is 6.24. The van der Waals surface area contributed by atoms with Gasteiger partial charge in [0.15, 0.2) is 0 Å². The zero-order chi connectivity index (χ0) is 17.1. The number of nitro benzene ring substituents is 1. The van der Waals surface area contributed by atoms with Gasteiger partial charge in [-0.1, -0.05) is 0 Å². The minimum atomic E-state index is -0.476. The number of carbonyl (C=O) groups excluding carboxylic acids is 1. The average molecular weight is 324 g/mol. The van der Waals surface area contributed by atoms with E-state index in [1.165, 1.54) is 29.2 Å². The fourth-order valence-corrected chi connectivity index (χ4v) is 2.14. The third-order valence-electron chi connectivity index (χ3n) is 3.41. The van der Waals surface area contributed by atoms with Gasteiger partial charge in [-0.3, -0.25) is 14.9 Å². The standard InChI is InChI=1S/C15H12N6O3/c1-10-8-13(21(23)24)6-7-14(10)17-15(22)11-2-4-12(5-3-11)20-9-16-18-19-20/h2-9H,1H3,(H,17,22). The molecule has 0 radical (unpaired) electrons. The van der Waals surface area contributed by atoms with Crippen LogP contribution < -0.4 is 5.32 Å². The smallest absolute Gasteiger partial charge is 0.269 e. The summed E-state index contributed by atoms with van der Waals surface area (Å²) in [5.41, 5.74) is 2.29. The van der Waals surface area contributed by atoms with E-state index in [2.05, 4.69) is 20.8 Å². The van der Waals surface area contributed by atoms with Crippen LogP contribution in [0.25, 0.3) is 5.69 Å².